The Morgan fingerprint density at radius 1 is 1.23 bits per heavy atom. The van der Waals surface area contributed by atoms with Gasteiger partial charge in [0.2, 0.25) is 0 Å². The molecule has 1 N–H and O–H groups in total. The van der Waals surface area contributed by atoms with E-state index in [1.807, 2.05) is 32.0 Å². The molecule has 2 atom stereocenters. The van der Waals surface area contributed by atoms with E-state index in [0.29, 0.717) is 18.6 Å². The Kier molecular flexibility index (Phi) is 6.23. The molecule has 1 aromatic carbocycles. The van der Waals surface area contributed by atoms with Gasteiger partial charge in [0.1, 0.15) is 11.4 Å². The molecule has 2 fully saturated rings. The lowest BCUT2D eigenvalue weighted by Crippen LogP contribution is -2.48. The van der Waals surface area contributed by atoms with E-state index in [0.717, 1.165) is 49.1 Å². The SMILES string of the molecule is CCO[C@@]1(C(=O)Nc2ccc(OC3CCCC3)c(C)c2)CCC[C@H](C)C1. The van der Waals surface area contributed by atoms with Crippen LogP contribution in [0.1, 0.15) is 70.8 Å². The average molecular weight is 360 g/mol. The van der Waals surface area contributed by atoms with Gasteiger partial charge >= 0.3 is 0 Å². The van der Waals surface area contributed by atoms with Crippen molar-refractivity contribution in [1.29, 1.82) is 0 Å². The molecule has 0 saturated heterocycles. The number of amides is 1. The zero-order chi connectivity index (χ0) is 18.6. The van der Waals surface area contributed by atoms with Crippen molar-refractivity contribution in [2.45, 2.75) is 83.8 Å². The van der Waals surface area contributed by atoms with Crippen LogP contribution in [0.2, 0.25) is 0 Å². The van der Waals surface area contributed by atoms with Gasteiger partial charge in [-0.05, 0) is 88.5 Å². The number of carbonyl (C=O) groups is 1. The number of hydrogen-bond donors (Lipinski definition) is 1. The molecule has 0 aliphatic heterocycles. The number of rotatable bonds is 6. The van der Waals surface area contributed by atoms with Crippen molar-refractivity contribution in [2.24, 2.45) is 5.92 Å². The molecule has 1 amide bonds. The van der Waals surface area contributed by atoms with E-state index in [2.05, 4.69) is 12.2 Å². The first kappa shape index (κ1) is 19.2. The van der Waals surface area contributed by atoms with Gasteiger partial charge in [-0.25, -0.2) is 0 Å². The topological polar surface area (TPSA) is 47.6 Å². The van der Waals surface area contributed by atoms with E-state index in [1.165, 1.54) is 19.3 Å². The lowest BCUT2D eigenvalue weighted by molar-refractivity contribution is -0.147. The molecule has 4 heteroatoms. The molecule has 1 aromatic rings. The highest BCUT2D eigenvalue weighted by Gasteiger charge is 2.42. The van der Waals surface area contributed by atoms with Crippen molar-refractivity contribution in [2.75, 3.05) is 11.9 Å². The van der Waals surface area contributed by atoms with Crippen LogP contribution in [0.3, 0.4) is 0 Å². The number of anilines is 1. The maximum Gasteiger partial charge on any atom is 0.256 e. The molecule has 4 nitrogen and oxygen atoms in total. The fourth-order valence-electron chi connectivity index (χ4n) is 4.47. The third-order valence-electron chi connectivity index (χ3n) is 5.82. The number of benzene rings is 1. The van der Waals surface area contributed by atoms with Gasteiger partial charge in [-0.1, -0.05) is 13.3 Å². The molecule has 0 radical (unpaired) electrons. The second-order valence-electron chi connectivity index (χ2n) is 8.09. The molecule has 3 rings (SSSR count). The molecule has 26 heavy (non-hydrogen) atoms. The zero-order valence-electron chi connectivity index (χ0n) is 16.5. The van der Waals surface area contributed by atoms with Crippen molar-refractivity contribution < 1.29 is 14.3 Å². The monoisotopic (exact) mass is 359 g/mol. The quantitative estimate of drug-likeness (QED) is 0.755. The van der Waals surface area contributed by atoms with Gasteiger partial charge in [0.05, 0.1) is 6.10 Å². The summed E-state index contributed by atoms with van der Waals surface area (Å²) < 4.78 is 12.1. The van der Waals surface area contributed by atoms with Crippen LogP contribution in [-0.4, -0.2) is 24.2 Å². The number of nitrogens with one attached hydrogen (secondary N) is 1. The number of ether oxygens (including phenoxy) is 2. The van der Waals surface area contributed by atoms with Gasteiger partial charge < -0.3 is 14.8 Å². The summed E-state index contributed by atoms with van der Waals surface area (Å²) in [5.41, 5.74) is 1.21. The molecule has 0 heterocycles. The van der Waals surface area contributed by atoms with E-state index in [9.17, 15) is 4.79 Å². The maximum atomic E-state index is 13.0. The van der Waals surface area contributed by atoms with Crippen LogP contribution in [0.25, 0.3) is 0 Å². The van der Waals surface area contributed by atoms with Crippen molar-refractivity contribution in [3.63, 3.8) is 0 Å². The van der Waals surface area contributed by atoms with Gasteiger partial charge in [-0.2, -0.15) is 0 Å². The smallest absolute Gasteiger partial charge is 0.256 e. The molecule has 0 aromatic heterocycles. The largest absolute Gasteiger partial charge is 0.490 e. The Morgan fingerprint density at radius 3 is 2.65 bits per heavy atom. The predicted molar refractivity (Wildman–Crippen MR) is 105 cm³/mol. The van der Waals surface area contributed by atoms with Gasteiger partial charge in [0.25, 0.3) is 5.91 Å². The highest BCUT2D eigenvalue weighted by molar-refractivity contribution is 5.97. The van der Waals surface area contributed by atoms with Gasteiger partial charge in [0.15, 0.2) is 0 Å². The number of aryl methyl sites for hydroxylation is 1. The van der Waals surface area contributed by atoms with Crippen LogP contribution in [0.15, 0.2) is 18.2 Å². The van der Waals surface area contributed by atoms with E-state index in [-0.39, 0.29) is 5.91 Å². The minimum Gasteiger partial charge on any atom is -0.490 e. The molecule has 144 valence electrons. The maximum absolute atomic E-state index is 13.0. The van der Waals surface area contributed by atoms with Crippen LogP contribution < -0.4 is 10.1 Å². The van der Waals surface area contributed by atoms with Gasteiger partial charge in [-0.15, -0.1) is 0 Å². The molecule has 2 aliphatic carbocycles. The third-order valence-corrected chi connectivity index (χ3v) is 5.82. The summed E-state index contributed by atoms with van der Waals surface area (Å²) in [5, 5.41) is 3.10. The fraction of sp³-hybridized carbons (Fsp3) is 0.682. The summed E-state index contributed by atoms with van der Waals surface area (Å²) in [5.74, 6) is 1.44. The van der Waals surface area contributed by atoms with E-state index in [1.54, 1.807) is 0 Å². The van der Waals surface area contributed by atoms with Crippen molar-refractivity contribution in [3.8, 4) is 5.75 Å². The fourth-order valence-corrected chi connectivity index (χ4v) is 4.47. The number of hydrogen-bond acceptors (Lipinski definition) is 3. The summed E-state index contributed by atoms with van der Waals surface area (Å²) in [7, 11) is 0. The van der Waals surface area contributed by atoms with Crippen molar-refractivity contribution in [3.05, 3.63) is 23.8 Å². The highest BCUT2D eigenvalue weighted by atomic mass is 16.5. The van der Waals surface area contributed by atoms with Crippen LogP contribution in [0, 0.1) is 12.8 Å². The summed E-state index contributed by atoms with van der Waals surface area (Å²) in [4.78, 5) is 13.0. The minimum absolute atomic E-state index is 0.00485. The Bertz CT molecular complexity index is 620. The average Bonchev–Trinajstić information content (AvgIpc) is 3.11. The second-order valence-corrected chi connectivity index (χ2v) is 8.09. The molecule has 2 aliphatic rings. The molecule has 0 unspecified atom stereocenters. The molecular formula is C22H33NO3. The summed E-state index contributed by atoms with van der Waals surface area (Å²) in [6, 6.07) is 5.94. The zero-order valence-corrected chi connectivity index (χ0v) is 16.5. The standard InChI is InChI=1S/C22H33NO3/c1-4-25-22(13-7-8-16(2)15-22)21(24)23-18-11-12-20(17(3)14-18)26-19-9-5-6-10-19/h11-12,14,16,19H,4-10,13,15H2,1-3H3,(H,23,24)/t16-,22-/m0/s1. The highest BCUT2D eigenvalue weighted by Crippen LogP contribution is 2.36. The second kappa shape index (κ2) is 8.43. The van der Waals surface area contributed by atoms with Gasteiger partial charge in [0, 0.05) is 12.3 Å². The van der Waals surface area contributed by atoms with Crippen molar-refractivity contribution in [1.82, 2.24) is 0 Å². The first-order chi connectivity index (χ1) is 12.5. The Morgan fingerprint density at radius 2 is 2.00 bits per heavy atom. The van der Waals surface area contributed by atoms with Crippen LogP contribution >= 0.6 is 0 Å². The minimum atomic E-state index is -0.681. The van der Waals surface area contributed by atoms with E-state index in [4.69, 9.17) is 9.47 Å². The Labute approximate surface area is 157 Å². The molecule has 2 saturated carbocycles. The van der Waals surface area contributed by atoms with Gasteiger partial charge in [-0.3, -0.25) is 4.79 Å². The third kappa shape index (κ3) is 4.40. The lowest BCUT2D eigenvalue weighted by atomic mass is 9.78. The van der Waals surface area contributed by atoms with Crippen LogP contribution in [0.5, 0.6) is 5.75 Å². The molecule has 0 spiro atoms. The first-order valence-corrected chi connectivity index (χ1v) is 10.2. The Hall–Kier alpha value is -1.55. The first-order valence-electron chi connectivity index (χ1n) is 10.2. The van der Waals surface area contributed by atoms with E-state index >= 15 is 0 Å². The Balaban J connectivity index is 1.68. The number of carbonyl (C=O) groups excluding carboxylic acids is 1. The lowest BCUT2D eigenvalue weighted by Gasteiger charge is -2.38. The summed E-state index contributed by atoms with van der Waals surface area (Å²) in [6.07, 6.45) is 8.98. The normalized spacial score (nSPS) is 26.7. The van der Waals surface area contributed by atoms with E-state index < -0.39 is 5.60 Å². The summed E-state index contributed by atoms with van der Waals surface area (Å²) >= 11 is 0. The predicted octanol–water partition coefficient (Wildman–Crippen LogP) is 5.24. The molecular weight excluding hydrogens is 326 g/mol. The van der Waals surface area contributed by atoms with Crippen LogP contribution in [0.4, 0.5) is 5.69 Å². The van der Waals surface area contributed by atoms with Crippen molar-refractivity contribution >= 4 is 11.6 Å². The molecule has 0 bridgehead atoms. The van der Waals surface area contributed by atoms with Crippen LogP contribution in [-0.2, 0) is 9.53 Å². The summed E-state index contributed by atoms with van der Waals surface area (Å²) in [6.45, 7) is 6.78.